The monoisotopic (exact) mass is 433 g/mol. The summed E-state index contributed by atoms with van der Waals surface area (Å²) in [7, 11) is 0. The van der Waals surface area contributed by atoms with Gasteiger partial charge >= 0.3 is 5.97 Å². The Kier molecular flexibility index (Phi) is 5.37. The van der Waals surface area contributed by atoms with Crippen LogP contribution < -0.4 is 4.90 Å². The zero-order valence-electron chi connectivity index (χ0n) is 17.9. The van der Waals surface area contributed by atoms with Gasteiger partial charge in [0.2, 0.25) is 0 Å². The summed E-state index contributed by atoms with van der Waals surface area (Å²) in [5.41, 5.74) is 3.41. The number of imidazole rings is 1. The van der Waals surface area contributed by atoms with Gasteiger partial charge in [-0.05, 0) is 16.7 Å². The number of carbonyl (C=O) groups is 1. The summed E-state index contributed by atoms with van der Waals surface area (Å²) in [5, 5.41) is 9.12. The van der Waals surface area contributed by atoms with Crippen molar-refractivity contribution in [2.24, 2.45) is 0 Å². The van der Waals surface area contributed by atoms with Gasteiger partial charge in [-0.1, -0.05) is 103 Å². The van der Waals surface area contributed by atoms with Crippen LogP contribution in [0.2, 0.25) is 0 Å². The lowest BCUT2D eigenvalue weighted by Gasteiger charge is -2.46. The van der Waals surface area contributed by atoms with E-state index in [-0.39, 0.29) is 5.92 Å². The Morgan fingerprint density at radius 1 is 0.879 bits per heavy atom. The topological polar surface area (TPSA) is 69.2 Å². The number of allylic oxidation sites excluding steroid dienone is 2. The van der Waals surface area contributed by atoms with E-state index in [0.29, 0.717) is 0 Å². The van der Waals surface area contributed by atoms with Crippen molar-refractivity contribution in [3.8, 4) is 0 Å². The number of nitrogens with zero attached hydrogens (tertiary/aromatic N) is 2. The van der Waals surface area contributed by atoms with Crippen LogP contribution >= 0.6 is 0 Å². The molecule has 0 radical (unpaired) electrons. The number of benzene rings is 3. The summed E-state index contributed by atoms with van der Waals surface area (Å²) in [6.07, 6.45) is 8.52. The van der Waals surface area contributed by atoms with Gasteiger partial charge in [-0.15, -0.1) is 0 Å². The molecule has 33 heavy (non-hydrogen) atoms. The first-order chi connectivity index (χ1) is 16.2. The molecule has 0 saturated carbocycles. The number of nitrogens with one attached hydrogen (secondary N) is 1. The Morgan fingerprint density at radius 2 is 1.39 bits per heavy atom. The van der Waals surface area contributed by atoms with Gasteiger partial charge in [-0.3, -0.25) is 0 Å². The molecule has 0 spiro atoms. The lowest BCUT2D eigenvalue weighted by atomic mass is 9.75. The smallest absolute Gasteiger partial charge is 0.328 e. The van der Waals surface area contributed by atoms with Gasteiger partial charge in [0.1, 0.15) is 11.4 Å². The third-order valence-electron chi connectivity index (χ3n) is 6.03. The van der Waals surface area contributed by atoms with Crippen molar-refractivity contribution >= 4 is 11.8 Å². The number of anilines is 1. The van der Waals surface area contributed by atoms with Gasteiger partial charge in [0, 0.05) is 18.2 Å². The Labute approximate surface area is 192 Å². The highest BCUT2D eigenvalue weighted by Gasteiger charge is 2.44. The van der Waals surface area contributed by atoms with Crippen molar-refractivity contribution in [1.82, 2.24) is 9.97 Å². The number of aliphatic carboxylic acids is 1. The third kappa shape index (κ3) is 3.53. The van der Waals surface area contributed by atoms with Crippen molar-refractivity contribution in [3.63, 3.8) is 0 Å². The van der Waals surface area contributed by atoms with Crippen molar-refractivity contribution in [3.05, 3.63) is 144 Å². The van der Waals surface area contributed by atoms with Gasteiger partial charge in [0.05, 0.1) is 12.0 Å². The lowest BCUT2D eigenvalue weighted by molar-refractivity contribution is -0.131. The van der Waals surface area contributed by atoms with E-state index in [1.807, 2.05) is 30.5 Å². The molecule has 5 rings (SSSR count). The second kappa shape index (κ2) is 8.63. The quantitative estimate of drug-likeness (QED) is 0.313. The standard InChI is InChI=1S/C28H23N3O2/c32-25(33)17-16-21-18-19-31(27-26(21)29-20-30-27)28(22-10-4-1-5-11-22,23-12-6-2-7-13-23)24-14-8-3-9-15-24/h1-21H,(H,29,30)(H,32,33)/b17-16+. The molecule has 4 aromatic rings. The predicted molar refractivity (Wildman–Crippen MR) is 129 cm³/mol. The molecule has 2 N–H and O–H groups in total. The summed E-state index contributed by atoms with van der Waals surface area (Å²) in [5.74, 6) is -0.386. The molecule has 0 bridgehead atoms. The van der Waals surface area contributed by atoms with E-state index in [0.717, 1.165) is 28.2 Å². The minimum Gasteiger partial charge on any atom is -0.478 e. The minimum atomic E-state index is -0.977. The Balaban J connectivity index is 1.80. The third-order valence-corrected chi connectivity index (χ3v) is 6.03. The van der Waals surface area contributed by atoms with Gasteiger partial charge in [0.25, 0.3) is 0 Å². The molecule has 0 aliphatic carbocycles. The number of aromatic nitrogens is 2. The molecule has 1 aliphatic rings. The SMILES string of the molecule is O=C(O)/C=C/C1C=CN(C(c2ccccc2)(c2ccccc2)c2ccccc2)c2[nH]cnc21. The van der Waals surface area contributed by atoms with Gasteiger partial charge in [-0.2, -0.15) is 0 Å². The summed E-state index contributed by atoms with van der Waals surface area (Å²) < 4.78 is 0. The highest BCUT2D eigenvalue weighted by atomic mass is 16.4. The molecular weight excluding hydrogens is 410 g/mol. The minimum absolute atomic E-state index is 0.237. The number of H-pyrrole nitrogens is 1. The van der Waals surface area contributed by atoms with E-state index < -0.39 is 11.5 Å². The molecular formula is C28H23N3O2. The van der Waals surface area contributed by atoms with Crippen molar-refractivity contribution in [1.29, 1.82) is 0 Å². The fourth-order valence-electron chi connectivity index (χ4n) is 4.66. The second-order valence-corrected chi connectivity index (χ2v) is 7.88. The zero-order chi connectivity index (χ0) is 22.7. The number of rotatable bonds is 6. The average Bonchev–Trinajstić information content (AvgIpc) is 3.36. The van der Waals surface area contributed by atoms with E-state index in [1.54, 1.807) is 12.4 Å². The van der Waals surface area contributed by atoms with Crippen LogP contribution in [-0.2, 0) is 10.3 Å². The highest BCUT2D eigenvalue weighted by Crippen LogP contribution is 2.47. The first kappa shape index (κ1) is 20.5. The molecule has 0 amide bonds. The largest absolute Gasteiger partial charge is 0.478 e. The van der Waals surface area contributed by atoms with Crippen molar-refractivity contribution in [2.75, 3.05) is 4.90 Å². The van der Waals surface area contributed by atoms with E-state index >= 15 is 0 Å². The summed E-state index contributed by atoms with van der Waals surface area (Å²) in [4.78, 5) is 21.2. The summed E-state index contributed by atoms with van der Waals surface area (Å²) in [6.45, 7) is 0. The first-order valence-corrected chi connectivity index (χ1v) is 10.8. The maximum atomic E-state index is 11.1. The average molecular weight is 434 g/mol. The number of carboxylic acid groups (broad SMARTS) is 1. The second-order valence-electron chi connectivity index (χ2n) is 7.88. The van der Waals surface area contributed by atoms with Gasteiger partial charge < -0.3 is 15.0 Å². The van der Waals surface area contributed by atoms with Crippen LogP contribution in [0.1, 0.15) is 28.3 Å². The molecule has 2 heterocycles. The Bertz CT molecular complexity index is 1200. The predicted octanol–water partition coefficient (Wildman–Crippen LogP) is 5.46. The number of fused-ring (bicyclic) bond motifs is 1. The van der Waals surface area contributed by atoms with E-state index in [2.05, 4.69) is 87.7 Å². The van der Waals surface area contributed by atoms with Crippen LogP contribution in [0.3, 0.4) is 0 Å². The van der Waals surface area contributed by atoms with E-state index in [4.69, 9.17) is 5.11 Å². The van der Waals surface area contributed by atoms with Crippen LogP contribution in [0.5, 0.6) is 0 Å². The fourth-order valence-corrected chi connectivity index (χ4v) is 4.66. The van der Waals surface area contributed by atoms with Crippen LogP contribution in [0, 0.1) is 0 Å². The van der Waals surface area contributed by atoms with E-state index in [9.17, 15) is 4.79 Å². The summed E-state index contributed by atoms with van der Waals surface area (Å²) in [6, 6.07) is 31.2. The molecule has 1 unspecified atom stereocenters. The van der Waals surface area contributed by atoms with Gasteiger partial charge in [-0.25, -0.2) is 9.78 Å². The maximum absolute atomic E-state index is 11.1. The Morgan fingerprint density at radius 3 is 1.88 bits per heavy atom. The highest BCUT2D eigenvalue weighted by molar-refractivity contribution is 5.80. The molecule has 0 fully saturated rings. The maximum Gasteiger partial charge on any atom is 0.328 e. The molecule has 1 aromatic heterocycles. The molecule has 1 aliphatic heterocycles. The molecule has 1 atom stereocenters. The van der Waals surface area contributed by atoms with Crippen LogP contribution in [0.25, 0.3) is 0 Å². The normalized spacial score (nSPS) is 15.5. The lowest BCUT2D eigenvalue weighted by Crippen LogP contribution is -2.47. The van der Waals surface area contributed by atoms with Crippen molar-refractivity contribution in [2.45, 2.75) is 11.5 Å². The number of carboxylic acids is 1. The first-order valence-electron chi connectivity index (χ1n) is 10.8. The molecule has 5 heteroatoms. The molecule has 162 valence electrons. The number of hydrogen-bond acceptors (Lipinski definition) is 3. The summed E-state index contributed by atoms with van der Waals surface area (Å²) >= 11 is 0. The molecule has 3 aromatic carbocycles. The Hall–Kier alpha value is -4.38. The van der Waals surface area contributed by atoms with E-state index in [1.165, 1.54) is 6.08 Å². The van der Waals surface area contributed by atoms with Crippen LogP contribution in [-0.4, -0.2) is 21.0 Å². The molecule has 0 saturated heterocycles. The number of hydrogen-bond donors (Lipinski definition) is 2. The zero-order valence-corrected chi connectivity index (χ0v) is 17.9. The van der Waals surface area contributed by atoms with Crippen LogP contribution in [0.15, 0.2) is 122 Å². The number of aromatic amines is 1. The fraction of sp³-hybridized carbons (Fsp3) is 0.0714. The molecule has 5 nitrogen and oxygen atoms in total. The van der Waals surface area contributed by atoms with Crippen molar-refractivity contribution < 1.29 is 9.90 Å². The van der Waals surface area contributed by atoms with Gasteiger partial charge in [0.15, 0.2) is 0 Å². The van der Waals surface area contributed by atoms with Crippen LogP contribution in [0.4, 0.5) is 5.82 Å².